The second-order valence-corrected chi connectivity index (χ2v) is 7.21. The first kappa shape index (κ1) is 22.9. The summed E-state index contributed by atoms with van der Waals surface area (Å²) in [5.74, 6) is 0.224. The standard InChI is InChI=1S/C26H27NO5/c1-3-20-9-13-23(14-10-20)31-18-25(28)32-19(2)26(29)27-22-11-15-24(16-12-22)30-17-21-7-5-4-6-8-21/h4-16,19H,3,17-18H2,1-2H3,(H,27,29). The number of carbonyl (C=O) groups excluding carboxylic acids is 2. The third-order valence-electron chi connectivity index (χ3n) is 4.74. The highest BCUT2D eigenvalue weighted by atomic mass is 16.6. The normalized spacial score (nSPS) is 11.3. The molecule has 6 nitrogen and oxygen atoms in total. The van der Waals surface area contributed by atoms with Crippen LogP contribution in [0.1, 0.15) is 25.0 Å². The van der Waals surface area contributed by atoms with Gasteiger partial charge >= 0.3 is 5.97 Å². The quantitative estimate of drug-likeness (QED) is 0.466. The number of benzene rings is 3. The molecule has 6 heteroatoms. The number of esters is 1. The Morgan fingerprint density at radius 2 is 1.44 bits per heavy atom. The van der Waals surface area contributed by atoms with E-state index < -0.39 is 18.0 Å². The Morgan fingerprint density at radius 3 is 2.09 bits per heavy atom. The largest absolute Gasteiger partial charge is 0.489 e. The molecule has 0 fully saturated rings. The van der Waals surface area contributed by atoms with E-state index in [0.29, 0.717) is 23.8 Å². The Hall–Kier alpha value is -3.80. The van der Waals surface area contributed by atoms with E-state index in [-0.39, 0.29) is 6.61 Å². The van der Waals surface area contributed by atoms with Crippen LogP contribution in [0.15, 0.2) is 78.9 Å². The van der Waals surface area contributed by atoms with E-state index in [2.05, 4.69) is 12.2 Å². The Bertz CT molecular complexity index is 1000. The van der Waals surface area contributed by atoms with E-state index in [0.717, 1.165) is 12.0 Å². The minimum absolute atomic E-state index is 0.267. The zero-order chi connectivity index (χ0) is 22.8. The molecule has 1 N–H and O–H groups in total. The van der Waals surface area contributed by atoms with Crippen molar-refractivity contribution in [2.24, 2.45) is 0 Å². The molecule has 0 spiro atoms. The molecule has 1 atom stereocenters. The third-order valence-corrected chi connectivity index (χ3v) is 4.74. The molecule has 0 aliphatic carbocycles. The molecule has 0 saturated heterocycles. The Morgan fingerprint density at radius 1 is 0.812 bits per heavy atom. The summed E-state index contributed by atoms with van der Waals surface area (Å²) < 4.78 is 16.3. The molecular weight excluding hydrogens is 406 g/mol. The van der Waals surface area contributed by atoms with Gasteiger partial charge in [0.25, 0.3) is 5.91 Å². The van der Waals surface area contributed by atoms with Crippen LogP contribution in [0.25, 0.3) is 0 Å². The van der Waals surface area contributed by atoms with Crippen molar-refractivity contribution < 1.29 is 23.8 Å². The lowest BCUT2D eigenvalue weighted by Crippen LogP contribution is -2.31. The number of rotatable bonds is 10. The van der Waals surface area contributed by atoms with Gasteiger partial charge in [-0.1, -0.05) is 49.4 Å². The zero-order valence-electron chi connectivity index (χ0n) is 18.2. The van der Waals surface area contributed by atoms with Crippen LogP contribution in [-0.4, -0.2) is 24.6 Å². The number of ether oxygens (including phenoxy) is 3. The highest BCUT2D eigenvalue weighted by molar-refractivity contribution is 5.95. The molecule has 0 heterocycles. The first-order chi connectivity index (χ1) is 15.5. The van der Waals surface area contributed by atoms with Gasteiger partial charge in [0.05, 0.1) is 0 Å². The van der Waals surface area contributed by atoms with Crippen LogP contribution in [0.3, 0.4) is 0 Å². The minimum atomic E-state index is -0.956. The molecule has 166 valence electrons. The fraction of sp³-hybridized carbons (Fsp3) is 0.231. The Labute approximate surface area is 188 Å². The Balaban J connectivity index is 1.41. The van der Waals surface area contributed by atoms with Gasteiger partial charge < -0.3 is 19.5 Å². The molecule has 32 heavy (non-hydrogen) atoms. The Kier molecular flexibility index (Phi) is 8.26. The van der Waals surface area contributed by atoms with Crippen molar-refractivity contribution in [3.63, 3.8) is 0 Å². The molecule has 0 saturated carbocycles. The molecule has 0 radical (unpaired) electrons. The molecule has 1 amide bonds. The van der Waals surface area contributed by atoms with Crippen LogP contribution in [0.2, 0.25) is 0 Å². The number of amides is 1. The summed E-state index contributed by atoms with van der Waals surface area (Å²) in [6.45, 7) is 3.77. The first-order valence-corrected chi connectivity index (χ1v) is 10.5. The van der Waals surface area contributed by atoms with E-state index >= 15 is 0 Å². The molecule has 1 unspecified atom stereocenters. The van der Waals surface area contributed by atoms with Crippen molar-refractivity contribution in [3.8, 4) is 11.5 Å². The summed E-state index contributed by atoms with van der Waals surface area (Å²) in [6.07, 6.45) is -0.0270. The molecule has 0 aliphatic heterocycles. The number of nitrogens with one attached hydrogen (secondary N) is 1. The van der Waals surface area contributed by atoms with Gasteiger partial charge in [0, 0.05) is 5.69 Å². The SMILES string of the molecule is CCc1ccc(OCC(=O)OC(C)C(=O)Nc2ccc(OCc3ccccc3)cc2)cc1. The fourth-order valence-electron chi connectivity index (χ4n) is 2.87. The maximum atomic E-state index is 12.3. The van der Waals surface area contributed by atoms with Crippen LogP contribution < -0.4 is 14.8 Å². The van der Waals surface area contributed by atoms with E-state index in [1.54, 1.807) is 36.4 Å². The molecule has 3 aromatic rings. The van der Waals surface area contributed by atoms with Crippen molar-refractivity contribution in [3.05, 3.63) is 90.0 Å². The van der Waals surface area contributed by atoms with Crippen molar-refractivity contribution in [2.45, 2.75) is 33.0 Å². The van der Waals surface area contributed by atoms with E-state index in [1.807, 2.05) is 42.5 Å². The van der Waals surface area contributed by atoms with Crippen molar-refractivity contribution >= 4 is 17.6 Å². The number of hydrogen-bond donors (Lipinski definition) is 1. The lowest BCUT2D eigenvalue weighted by atomic mass is 10.2. The van der Waals surface area contributed by atoms with Gasteiger partial charge in [-0.25, -0.2) is 4.79 Å². The summed E-state index contributed by atoms with van der Waals surface area (Å²) in [5, 5.41) is 2.72. The first-order valence-electron chi connectivity index (χ1n) is 10.5. The second kappa shape index (κ2) is 11.6. The van der Waals surface area contributed by atoms with Crippen LogP contribution in [0, 0.1) is 0 Å². The van der Waals surface area contributed by atoms with E-state index in [9.17, 15) is 9.59 Å². The molecule has 0 aromatic heterocycles. The average Bonchev–Trinajstić information content (AvgIpc) is 2.83. The van der Waals surface area contributed by atoms with Gasteiger partial charge in [0.2, 0.25) is 0 Å². The van der Waals surface area contributed by atoms with Crippen LogP contribution in [0.5, 0.6) is 11.5 Å². The molecular formula is C26H27NO5. The lowest BCUT2D eigenvalue weighted by molar-refractivity contribution is -0.155. The molecule has 0 bridgehead atoms. The zero-order valence-corrected chi connectivity index (χ0v) is 18.2. The highest BCUT2D eigenvalue weighted by Crippen LogP contribution is 2.18. The van der Waals surface area contributed by atoms with Gasteiger partial charge in [-0.15, -0.1) is 0 Å². The lowest BCUT2D eigenvalue weighted by Gasteiger charge is -2.14. The predicted molar refractivity (Wildman–Crippen MR) is 123 cm³/mol. The van der Waals surface area contributed by atoms with Crippen molar-refractivity contribution in [1.29, 1.82) is 0 Å². The predicted octanol–water partition coefficient (Wildman–Crippen LogP) is 4.78. The van der Waals surface area contributed by atoms with Crippen molar-refractivity contribution in [1.82, 2.24) is 0 Å². The number of hydrogen-bond acceptors (Lipinski definition) is 5. The van der Waals surface area contributed by atoms with Crippen molar-refractivity contribution in [2.75, 3.05) is 11.9 Å². The fourth-order valence-corrected chi connectivity index (χ4v) is 2.87. The smallest absolute Gasteiger partial charge is 0.344 e. The van der Waals surface area contributed by atoms with Crippen LogP contribution in [-0.2, 0) is 27.4 Å². The van der Waals surface area contributed by atoms with E-state index in [4.69, 9.17) is 14.2 Å². The van der Waals surface area contributed by atoms with Gasteiger partial charge in [0.15, 0.2) is 12.7 Å². The summed E-state index contributed by atoms with van der Waals surface area (Å²) >= 11 is 0. The van der Waals surface area contributed by atoms with Crippen LogP contribution >= 0.6 is 0 Å². The molecule has 3 rings (SSSR count). The summed E-state index contributed by atoms with van der Waals surface area (Å²) in [6, 6.07) is 24.3. The van der Waals surface area contributed by atoms with Gasteiger partial charge in [-0.3, -0.25) is 4.79 Å². The van der Waals surface area contributed by atoms with Gasteiger partial charge in [0.1, 0.15) is 18.1 Å². The molecule has 3 aromatic carbocycles. The summed E-state index contributed by atoms with van der Waals surface area (Å²) in [7, 11) is 0. The monoisotopic (exact) mass is 433 g/mol. The highest BCUT2D eigenvalue weighted by Gasteiger charge is 2.18. The number of carbonyl (C=O) groups is 2. The third kappa shape index (κ3) is 7.16. The number of anilines is 1. The molecule has 0 aliphatic rings. The topological polar surface area (TPSA) is 73.9 Å². The van der Waals surface area contributed by atoms with Gasteiger partial charge in [-0.05, 0) is 60.9 Å². The average molecular weight is 434 g/mol. The van der Waals surface area contributed by atoms with E-state index in [1.165, 1.54) is 12.5 Å². The number of aryl methyl sites for hydroxylation is 1. The second-order valence-electron chi connectivity index (χ2n) is 7.21. The summed E-state index contributed by atoms with van der Waals surface area (Å²) in [5.41, 5.74) is 2.83. The minimum Gasteiger partial charge on any atom is -0.489 e. The maximum Gasteiger partial charge on any atom is 0.344 e. The summed E-state index contributed by atoms with van der Waals surface area (Å²) in [4.78, 5) is 24.3. The maximum absolute atomic E-state index is 12.3. The van der Waals surface area contributed by atoms with Crippen LogP contribution in [0.4, 0.5) is 5.69 Å². The van der Waals surface area contributed by atoms with Gasteiger partial charge in [-0.2, -0.15) is 0 Å².